The minimum absolute atomic E-state index is 0.0846. The van der Waals surface area contributed by atoms with Crippen molar-refractivity contribution in [3.05, 3.63) is 66.0 Å². The van der Waals surface area contributed by atoms with Gasteiger partial charge in [-0.15, -0.1) is 0 Å². The summed E-state index contributed by atoms with van der Waals surface area (Å²) in [6, 6.07) is 9.89. The third-order valence-corrected chi connectivity index (χ3v) is 2.89. The average molecular weight is 305 g/mol. The lowest BCUT2D eigenvalue weighted by Crippen LogP contribution is -2.13. The number of hydroxylamine groups is 1. The Kier molecular flexibility index (Phi) is 4.92. The van der Waals surface area contributed by atoms with Gasteiger partial charge in [0.15, 0.2) is 0 Å². The van der Waals surface area contributed by atoms with Crippen molar-refractivity contribution in [1.82, 2.24) is 10.5 Å². The Bertz CT molecular complexity index is 639. The highest BCUT2D eigenvalue weighted by Gasteiger charge is 2.03. The van der Waals surface area contributed by atoms with Gasteiger partial charge in [0.05, 0.1) is 24.2 Å². The van der Waals surface area contributed by atoms with Gasteiger partial charge in [0, 0.05) is 5.56 Å². The van der Waals surface area contributed by atoms with E-state index in [9.17, 15) is 4.79 Å². The summed E-state index contributed by atoms with van der Waals surface area (Å²) in [5, 5.41) is 8.65. The molecule has 0 aliphatic carbocycles. The number of aromatic hydroxyl groups is 1. The van der Waals surface area contributed by atoms with Crippen LogP contribution >= 0.6 is 11.6 Å². The van der Waals surface area contributed by atoms with Gasteiger partial charge in [-0.3, -0.25) is 20.1 Å². The summed E-state index contributed by atoms with van der Waals surface area (Å²) in [4.78, 5) is 20.2. The molecule has 2 aromatic rings. The monoisotopic (exact) mass is 304 g/mol. The fraction of sp³-hybridized carbons (Fsp3) is 0.0667. The van der Waals surface area contributed by atoms with Crippen LogP contribution in [0.2, 0.25) is 0 Å². The van der Waals surface area contributed by atoms with Crippen molar-refractivity contribution >= 4 is 22.5 Å². The summed E-state index contributed by atoms with van der Waals surface area (Å²) < 4.78 is 0. The van der Waals surface area contributed by atoms with Crippen molar-refractivity contribution in [3.8, 4) is 5.75 Å². The highest BCUT2D eigenvalue weighted by molar-refractivity contribution is 6.67. The van der Waals surface area contributed by atoms with E-state index in [1.54, 1.807) is 30.3 Å². The molecule has 0 aliphatic heterocycles. The van der Waals surface area contributed by atoms with Crippen LogP contribution in [-0.4, -0.2) is 15.3 Å². The SMILES string of the molecule is C=C(NOCc1ccc(C(=O)Cl)cc1)c1ccc(O)cn1. The van der Waals surface area contributed by atoms with E-state index in [1.165, 1.54) is 12.3 Å². The van der Waals surface area contributed by atoms with E-state index in [4.69, 9.17) is 21.5 Å². The van der Waals surface area contributed by atoms with Gasteiger partial charge >= 0.3 is 0 Å². The molecular formula is C15H13ClN2O3. The standard InChI is InChI=1S/C15H13ClN2O3/c1-10(14-7-6-13(19)8-17-14)18-21-9-11-2-4-12(5-3-11)15(16)20/h2-8,18-19H,1,9H2. The third-order valence-electron chi connectivity index (χ3n) is 2.67. The molecule has 1 aromatic carbocycles. The van der Waals surface area contributed by atoms with Crippen LogP contribution in [0.1, 0.15) is 21.6 Å². The first-order valence-electron chi connectivity index (χ1n) is 6.07. The molecule has 0 radical (unpaired) electrons. The normalized spacial score (nSPS) is 10.1. The van der Waals surface area contributed by atoms with Crippen molar-refractivity contribution in [2.45, 2.75) is 6.61 Å². The quantitative estimate of drug-likeness (QED) is 0.634. The summed E-state index contributed by atoms with van der Waals surface area (Å²) >= 11 is 5.36. The lowest BCUT2D eigenvalue weighted by molar-refractivity contribution is 0.0646. The lowest BCUT2D eigenvalue weighted by Gasteiger charge is -2.09. The molecule has 0 fully saturated rings. The molecule has 1 heterocycles. The van der Waals surface area contributed by atoms with Crippen LogP contribution in [0.15, 0.2) is 49.2 Å². The van der Waals surface area contributed by atoms with E-state index in [-0.39, 0.29) is 12.4 Å². The second-order valence-corrected chi connectivity index (χ2v) is 4.58. The lowest BCUT2D eigenvalue weighted by atomic mass is 10.2. The Labute approximate surface area is 126 Å². The van der Waals surface area contributed by atoms with Crippen LogP contribution in [0.25, 0.3) is 5.70 Å². The predicted molar refractivity (Wildman–Crippen MR) is 79.5 cm³/mol. The van der Waals surface area contributed by atoms with Crippen molar-refractivity contribution in [3.63, 3.8) is 0 Å². The predicted octanol–water partition coefficient (Wildman–Crippen LogP) is 2.86. The maximum atomic E-state index is 10.9. The molecule has 6 heteroatoms. The number of hydrogen-bond donors (Lipinski definition) is 2. The zero-order valence-corrected chi connectivity index (χ0v) is 11.8. The van der Waals surface area contributed by atoms with Gasteiger partial charge in [0.25, 0.3) is 5.24 Å². The van der Waals surface area contributed by atoms with E-state index in [0.29, 0.717) is 17.0 Å². The number of carbonyl (C=O) groups excluding carboxylic acids is 1. The fourth-order valence-corrected chi connectivity index (χ4v) is 1.68. The molecule has 0 unspecified atom stereocenters. The van der Waals surface area contributed by atoms with Gasteiger partial charge in [0.1, 0.15) is 5.75 Å². The van der Waals surface area contributed by atoms with Crippen LogP contribution in [0.4, 0.5) is 0 Å². The molecule has 0 atom stereocenters. The van der Waals surface area contributed by atoms with Crippen molar-refractivity contribution in [2.24, 2.45) is 0 Å². The molecule has 1 aromatic heterocycles. The van der Waals surface area contributed by atoms with E-state index >= 15 is 0 Å². The van der Waals surface area contributed by atoms with Crippen LogP contribution in [-0.2, 0) is 11.4 Å². The highest BCUT2D eigenvalue weighted by Crippen LogP contribution is 2.12. The molecule has 0 amide bonds. The third kappa shape index (κ3) is 4.30. The van der Waals surface area contributed by atoms with E-state index < -0.39 is 5.24 Å². The number of benzene rings is 1. The Balaban J connectivity index is 1.85. The average Bonchev–Trinajstić information content (AvgIpc) is 2.48. The number of aromatic nitrogens is 1. The van der Waals surface area contributed by atoms with Crippen LogP contribution in [0.5, 0.6) is 5.75 Å². The Morgan fingerprint density at radius 1 is 1.29 bits per heavy atom. The molecular weight excluding hydrogens is 292 g/mol. The van der Waals surface area contributed by atoms with Crippen LogP contribution < -0.4 is 5.48 Å². The van der Waals surface area contributed by atoms with E-state index in [2.05, 4.69) is 17.0 Å². The number of carbonyl (C=O) groups is 1. The number of nitrogens with one attached hydrogen (secondary N) is 1. The molecule has 0 saturated carbocycles. The number of hydrogen-bond acceptors (Lipinski definition) is 5. The summed E-state index contributed by atoms with van der Waals surface area (Å²) in [6.07, 6.45) is 1.32. The first-order chi connectivity index (χ1) is 10.1. The molecule has 2 N–H and O–H groups in total. The second kappa shape index (κ2) is 6.88. The number of rotatable bonds is 6. The zero-order valence-electron chi connectivity index (χ0n) is 11.0. The minimum Gasteiger partial charge on any atom is -0.506 e. The number of nitrogens with zero attached hydrogens (tertiary/aromatic N) is 1. The Morgan fingerprint density at radius 2 is 2.00 bits per heavy atom. The first-order valence-corrected chi connectivity index (χ1v) is 6.45. The van der Waals surface area contributed by atoms with Gasteiger partial charge in [-0.05, 0) is 41.4 Å². The van der Waals surface area contributed by atoms with Crippen LogP contribution in [0, 0.1) is 0 Å². The molecule has 2 rings (SSSR count). The smallest absolute Gasteiger partial charge is 0.252 e. The number of pyridine rings is 1. The van der Waals surface area contributed by atoms with Gasteiger partial charge in [-0.1, -0.05) is 18.7 Å². The molecule has 0 bridgehead atoms. The van der Waals surface area contributed by atoms with Gasteiger partial charge in [0.2, 0.25) is 0 Å². The first kappa shape index (κ1) is 15.0. The number of halogens is 1. The van der Waals surface area contributed by atoms with Crippen molar-refractivity contribution < 1.29 is 14.7 Å². The van der Waals surface area contributed by atoms with E-state index in [0.717, 1.165) is 5.56 Å². The van der Waals surface area contributed by atoms with Gasteiger partial charge in [-0.25, -0.2) is 0 Å². The summed E-state index contributed by atoms with van der Waals surface area (Å²) in [6.45, 7) is 4.07. The Hall–Kier alpha value is -2.37. The topological polar surface area (TPSA) is 71.5 Å². The Morgan fingerprint density at radius 3 is 2.57 bits per heavy atom. The molecule has 5 nitrogen and oxygen atoms in total. The van der Waals surface area contributed by atoms with Gasteiger partial charge in [-0.2, -0.15) is 0 Å². The van der Waals surface area contributed by atoms with E-state index in [1.807, 2.05) is 0 Å². The maximum absolute atomic E-state index is 10.9. The maximum Gasteiger partial charge on any atom is 0.252 e. The largest absolute Gasteiger partial charge is 0.506 e. The molecule has 0 saturated heterocycles. The second-order valence-electron chi connectivity index (χ2n) is 4.24. The van der Waals surface area contributed by atoms with Gasteiger partial charge < -0.3 is 5.11 Å². The summed E-state index contributed by atoms with van der Waals surface area (Å²) in [5.74, 6) is 0.0846. The van der Waals surface area contributed by atoms with Crippen molar-refractivity contribution in [1.29, 1.82) is 0 Å². The summed E-state index contributed by atoms with van der Waals surface area (Å²) in [7, 11) is 0. The van der Waals surface area contributed by atoms with Crippen LogP contribution in [0.3, 0.4) is 0 Å². The fourth-order valence-electron chi connectivity index (χ4n) is 1.56. The molecule has 21 heavy (non-hydrogen) atoms. The molecule has 0 aliphatic rings. The molecule has 108 valence electrons. The minimum atomic E-state index is -0.493. The summed E-state index contributed by atoms with van der Waals surface area (Å²) in [5.41, 5.74) is 5.02. The molecule has 0 spiro atoms. The van der Waals surface area contributed by atoms with Crippen molar-refractivity contribution in [2.75, 3.05) is 0 Å². The highest BCUT2D eigenvalue weighted by atomic mass is 35.5. The zero-order chi connectivity index (χ0) is 15.2.